The van der Waals surface area contributed by atoms with E-state index in [0.717, 1.165) is 28.2 Å². The van der Waals surface area contributed by atoms with Gasteiger partial charge >= 0.3 is 0 Å². The zero-order valence-corrected chi connectivity index (χ0v) is 17.6. The lowest BCUT2D eigenvalue weighted by atomic mass is 10.1. The summed E-state index contributed by atoms with van der Waals surface area (Å²) in [5.41, 5.74) is 4.00. The van der Waals surface area contributed by atoms with Crippen molar-refractivity contribution in [3.05, 3.63) is 63.6 Å². The van der Waals surface area contributed by atoms with Gasteiger partial charge in [-0.1, -0.05) is 42.8 Å². The third kappa shape index (κ3) is 4.71. The van der Waals surface area contributed by atoms with Crippen molar-refractivity contribution >= 4 is 28.8 Å². The quantitative estimate of drug-likeness (QED) is 0.620. The summed E-state index contributed by atoms with van der Waals surface area (Å²) in [5, 5.41) is 6.27. The van der Waals surface area contributed by atoms with E-state index in [1.54, 1.807) is 17.4 Å². The minimum absolute atomic E-state index is 0.0887. The van der Waals surface area contributed by atoms with Crippen LogP contribution in [-0.4, -0.2) is 24.1 Å². The highest BCUT2D eigenvalue weighted by molar-refractivity contribution is 7.13. The van der Waals surface area contributed by atoms with Crippen molar-refractivity contribution in [1.82, 2.24) is 10.3 Å². The van der Waals surface area contributed by atoms with E-state index in [4.69, 9.17) is 21.1 Å². The van der Waals surface area contributed by atoms with E-state index in [9.17, 15) is 4.79 Å². The van der Waals surface area contributed by atoms with Crippen LogP contribution >= 0.6 is 22.9 Å². The number of amides is 1. The van der Waals surface area contributed by atoms with E-state index < -0.39 is 0 Å². The number of nitrogens with zero attached hydrogens (tertiary/aromatic N) is 1. The van der Waals surface area contributed by atoms with Gasteiger partial charge in [0.1, 0.15) is 18.2 Å². The first-order valence-corrected chi connectivity index (χ1v) is 10.8. The Morgan fingerprint density at radius 1 is 1.17 bits per heavy atom. The number of rotatable bonds is 6. The van der Waals surface area contributed by atoms with Gasteiger partial charge in [-0.2, -0.15) is 0 Å². The fraction of sp³-hybridized carbons (Fsp3) is 0.273. The highest BCUT2D eigenvalue weighted by Crippen LogP contribution is 2.38. The highest BCUT2D eigenvalue weighted by atomic mass is 35.5. The summed E-state index contributed by atoms with van der Waals surface area (Å²) in [6.07, 6.45) is 1.25. The number of carbonyl (C=O) groups excluding carboxylic acids is 1. The first kappa shape index (κ1) is 19.7. The van der Waals surface area contributed by atoms with Crippen molar-refractivity contribution in [3.63, 3.8) is 0 Å². The van der Waals surface area contributed by atoms with Gasteiger partial charge in [-0.3, -0.25) is 4.79 Å². The van der Waals surface area contributed by atoms with E-state index in [2.05, 4.69) is 41.5 Å². The average molecular weight is 429 g/mol. The van der Waals surface area contributed by atoms with Gasteiger partial charge in [-0.05, 0) is 29.7 Å². The summed E-state index contributed by atoms with van der Waals surface area (Å²) < 4.78 is 11.1. The molecular weight excluding hydrogens is 408 g/mol. The Morgan fingerprint density at radius 3 is 2.76 bits per heavy atom. The molecule has 4 rings (SSSR count). The van der Waals surface area contributed by atoms with E-state index in [1.165, 1.54) is 5.56 Å². The van der Waals surface area contributed by atoms with Crippen LogP contribution in [0.5, 0.6) is 11.5 Å². The minimum atomic E-state index is -0.0887. The van der Waals surface area contributed by atoms with Crippen LogP contribution in [0.15, 0.2) is 41.8 Å². The van der Waals surface area contributed by atoms with Gasteiger partial charge in [0.25, 0.3) is 0 Å². The Hall–Kier alpha value is -2.57. The lowest BCUT2D eigenvalue weighted by Gasteiger charge is -2.20. The Morgan fingerprint density at radius 2 is 1.97 bits per heavy atom. The number of nitrogens with one attached hydrogen (secondary N) is 1. The molecule has 2 aromatic carbocycles. The molecule has 1 amide bonds. The molecule has 0 unspecified atom stereocenters. The summed E-state index contributed by atoms with van der Waals surface area (Å²) in [6, 6.07) is 12.0. The van der Waals surface area contributed by atoms with Crippen LogP contribution in [0.1, 0.15) is 23.7 Å². The molecule has 7 heteroatoms. The number of thiazole rings is 1. The summed E-state index contributed by atoms with van der Waals surface area (Å²) >= 11 is 7.80. The van der Waals surface area contributed by atoms with Gasteiger partial charge in [0.05, 0.1) is 17.1 Å². The fourth-order valence-corrected chi connectivity index (χ4v) is 4.21. The summed E-state index contributed by atoms with van der Waals surface area (Å²) in [5.74, 6) is 1.09. The van der Waals surface area contributed by atoms with Crippen molar-refractivity contribution in [2.75, 3.05) is 13.2 Å². The molecule has 0 saturated carbocycles. The monoisotopic (exact) mass is 428 g/mol. The van der Waals surface area contributed by atoms with Gasteiger partial charge in [-0.15, -0.1) is 11.3 Å². The van der Waals surface area contributed by atoms with E-state index >= 15 is 0 Å². The molecule has 3 aromatic rings. The van der Waals surface area contributed by atoms with Gasteiger partial charge in [0.2, 0.25) is 5.91 Å². The number of hydrogen-bond acceptors (Lipinski definition) is 5. The van der Waals surface area contributed by atoms with E-state index in [-0.39, 0.29) is 12.3 Å². The van der Waals surface area contributed by atoms with Gasteiger partial charge in [0.15, 0.2) is 11.5 Å². The molecule has 1 N–H and O–H groups in total. The lowest BCUT2D eigenvalue weighted by Crippen LogP contribution is -2.25. The molecule has 1 aliphatic heterocycles. The smallest absolute Gasteiger partial charge is 0.226 e. The van der Waals surface area contributed by atoms with Crippen LogP contribution in [0.25, 0.3) is 10.6 Å². The molecule has 1 aromatic heterocycles. The predicted molar refractivity (Wildman–Crippen MR) is 115 cm³/mol. The molecule has 0 spiro atoms. The molecule has 0 fully saturated rings. The maximum absolute atomic E-state index is 12.4. The second-order valence-corrected chi connectivity index (χ2v) is 8.02. The van der Waals surface area contributed by atoms with Crippen molar-refractivity contribution in [2.24, 2.45) is 0 Å². The van der Waals surface area contributed by atoms with Crippen molar-refractivity contribution in [3.8, 4) is 22.1 Å². The van der Waals surface area contributed by atoms with Crippen LogP contribution in [-0.2, 0) is 24.2 Å². The maximum Gasteiger partial charge on any atom is 0.226 e. The van der Waals surface area contributed by atoms with Gasteiger partial charge in [-0.25, -0.2) is 4.98 Å². The van der Waals surface area contributed by atoms with Crippen LogP contribution in [0, 0.1) is 0 Å². The third-order valence-electron chi connectivity index (χ3n) is 4.65. The Kier molecular flexibility index (Phi) is 6.02. The molecule has 0 bridgehead atoms. The normalized spacial score (nSPS) is 12.6. The molecule has 29 heavy (non-hydrogen) atoms. The topological polar surface area (TPSA) is 60.5 Å². The number of benzene rings is 2. The van der Waals surface area contributed by atoms with Crippen molar-refractivity contribution in [1.29, 1.82) is 0 Å². The molecule has 0 atom stereocenters. The average Bonchev–Trinajstić information content (AvgIpc) is 3.21. The van der Waals surface area contributed by atoms with Gasteiger partial charge in [0, 0.05) is 17.5 Å². The molecule has 2 heterocycles. The Bertz CT molecular complexity index is 1020. The molecule has 0 saturated heterocycles. The summed E-state index contributed by atoms with van der Waals surface area (Å²) in [6.45, 7) is 3.48. The molecule has 5 nitrogen and oxygen atoms in total. The third-order valence-corrected chi connectivity index (χ3v) is 5.87. The first-order valence-electron chi connectivity index (χ1n) is 9.51. The van der Waals surface area contributed by atoms with Crippen molar-refractivity contribution in [2.45, 2.75) is 26.3 Å². The highest BCUT2D eigenvalue weighted by Gasteiger charge is 2.17. The predicted octanol–water partition coefficient (Wildman–Crippen LogP) is 4.66. The zero-order chi connectivity index (χ0) is 20.2. The number of carbonyl (C=O) groups is 1. The number of halogens is 1. The Balaban J connectivity index is 1.35. The van der Waals surface area contributed by atoms with E-state index in [0.29, 0.717) is 36.3 Å². The van der Waals surface area contributed by atoms with Gasteiger partial charge < -0.3 is 14.8 Å². The SMILES string of the molecule is CCc1ccc(-c2nc(CC(=O)NCc3cc(Cl)c4c(c3)OCCO4)cs2)cc1. The number of aromatic nitrogens is 1. The summed E-state index contributed by atoms with van der Waals surface area (Å²) in [4.78, 5) is 17.0. The lowest BCUT2D eigenvalue weighted by molar-refractivity contribution is -0.120. The zero-order valence-electron chi connectivity index (χ0n) is 16.0. The standard InChI is InChI=1S/C22H21ClN2O3S/c1-2-14-3-5-16(6-4-14)22-25-17(13-29-22)11-20(26)24-12-15-9-18(23)21-19(10-15)27-7-8-28-21/h3-6,9-10,13H,2,7-8,11-12H2,1H3,(H,24,26). The van der Waals surface area contributed by atoms with Crippen LogP contribution in [0.3, 0.4) is 0 Å². The van der Waals surface area contributed by atoms with Crippen LogP contribution in [0.4, 0.5) is 0 Å². The number of hydrogen-bond donors (Lipinski definition) is 1. The second kappa shape index (κ2) is 8.84. The fourth-order valence-electron chi connectivity index (χ4n) is 3.10. The molecule has 150 valence electrons. The van der Waals surface area contributed by atoms with Crippen LogP contribution in [0.2, 0.25) is 5.02 Å². The molecule has 0 radical (unpaired) electrons. The van der Waals surface area contributed by atoms with E-state index in [1.807, 2.05) is 11.4 Å². The largest absolute Gasteiger partial charge is 0.486 e. The molecule has 0 aliphatic carbocycles. The number of fused-ring (bicyclic) bond motifs is 1. The number of aryl methyl sites for hydroxylation is 1. The number of ether oxygens (including phenoxy) is 2. The summed E-state index contributed by atoms with van der Waals surface area (Å²) in [7, 11) is 0. The van der Waals surface area contributed by atoms with Crippen LogP contribution < -0.4 is 14.8 Å². The molecule has 1 aliphatic rings. The first-order chi connectivity index (χ1) is 14.1. The maximum atomic E-state index is 12.4. The minimum Gasteiger partial charge on any atom is -0.486 e. The van der Waals surface area contributed by atoms with Crippen molar-refractivity contribution < 1.29 is 14.3 Å². The molecular formula is C22H21ClN2O3S. The second-order valence-electron chi connectivity index (χ2n) is 6.75. The Labute approximate surface area is 178 Å².